The number of rotatable bonds is 6. The van der Waals surface area contributed by atoms with E-state index in [-0.39, 0.29) is 12.2 Å². The number of benzene rings is 2. The molecule has 0 bridgehead atoms. The fraction of sp³-hybridized carbons (Fsp3) is 0.367. The van der Waals surface area contributed by atoms with Gasteiger partial charge in [-0.2, -0.15) is 0 Å². The summed E-state index contributed by atoms with van der Waals surface area (Å²) in [6, 6.07) is 18.7. The molecule has 0 atom stereocenters. The molecule has 2 aromatic heterocycles. The molecule has 1 saturated heterocycles. The average molecular weight is 519 g/mol. The van der Waals surface area contributed by atoms with Crippen molar-refractivity contribution in [3.05, 3.63) is 71.4 Å². The normalized spacial score (nSPS) is 15.0. The van der Waals surface area contributed by atoms with Gasteiger partial charge in [0, 0.05) is 56.1 Å². The van der Waals surface area contributed by atoms with E-state index in [0.717, 1.165) is 65.2 Å². The second-order valence-corrected chi connectivity index (χ2v) is 11.1. The summed E-state index contributed by atoms with van der Waals surface area (Å²) in [7, 11) is 2.04. The largest absolute Gasteiger partial charge is 0.392 e. The Bertz CT molecular complexity index is 1370. The first kappa shape index (κ1) is 25.7. The number of ether oxygens (including phenoxy) is 1. The molecule has 0 unspecified atom stereocenters. The van der Waals surface area contributed by atoms with Gasteiger partial charge >= 0.3 is 0 Å². The van der Waals surface area contributed by atoms with E-state index >= 15 is 0 Å². The molecule has 1 fully saturated rings. The Labute approximate surface area is 224 Å². The van der Waals surface area contributed by atoms with Crippen LogP contribution in [0.5, 0.6) is 0 Å². The molecule has 0 spiro atoms. The predicted octanol–water partition coefficient (Wildman–Crippen LogP) is 5.95. The van der Waals surface area contributed by atoms with Crippen molar-refractivity contribution < 1.29 is 9.84 Å². The first-order valence-corrected chi connectivity index (χ1v) is 13.2. The summed E-state index contributed by atoms with van der Waals surface area (Å²) in [5.74, 6) is 0. The van der Waals surface area contributed by atoms with E-state index in [0.29, 0.717) is 11.8 Å². The molecule has 3 heterocycles. The molecule has 6 nitrogen and oxygen atoms in total. The van der Waals surface area contributed by atoms with Crippen molar-refractivity contribution >= 4 is 28.3 Å². The number of hydrogen-bond donors (Lipinski definition) is 1. The fourth-order valence-electron chi connectivity index (χ4n) is 4.95. The van der Waals surface area contributed by atoms with Gasteiger partial charge in [-0.3, -0.25) is 4.90 Å². The number of aromatic nitrogens is 2. The van der Waals surface area contributed by atoms with Crippen molar-refractivity contribution in [1.29, 1.82) is 0 Å². The highest BCUT2D eigenvalue weighted by molar-refractivity contribution is 6.37. The van der Waals surface area contributed by atoms with Gasteiger partial charge in [0.25, 0.3) is 0 Å². The maximum Gasteiger partial charge on any atom is 0.142 e. The molecular formula is C30H35ClN4O2. The first-order chi connectivity index (χ1) is 17.7. The van der Waals surface area contributed by atoms with Crippen molar-refractivity contribution in [2.75, 3.05) is 37.8 Å². The van der Waals surface area contributed by atoms with E-state index in [2.05, 4.69) is 64.4 Å². The molecule has 1 N–H and O–H groups in total. The number of pyridine rings is 1. The topological polar surface area (TPSA) is 53.8 Å². The number of aliphatic hydroxyl groups excluding tert-OH is 1. The van der Waals surface area contributed by atoms with Gasteiger partial charge in [0.2, 0.25) is 0 Å². The minimum absolute atomic E-state index is 0.0182. The van der Waals surface area contributed by atoms with Crippen LogP contribution in [-0.4, -0.2) is 58.1 Å². The van der Waals surface area contributed by atoms with E-state index in [1.807, 2.05) is 37.4 Å². The summed E-state index contributed by atoms with van der Waals surface area (Å²) in [6.45, 7) is 10.9. The van der Waals surface area contributed by atoms with E-state index in [4.69, 9.17) is 16.3 Å². The highest BCUT2D eigenvalue weighted by Gasteiger charge is 2.23. The highest BCUT2D eigenvalue weighted by Crippen LogP contribution is 2.42. The highest BCUT2D eigenvalue weighted by atomic mass is 35.5. The minimum Gasteiger partial charge on any atom is -0.392 e. The molecule has 0 amide bonds. The molecule has 0 saturated carbocycles. The zero-order valence-electron chi connectivity index (χ0n) is 22.0. The third-order valence-corrected chi connectivity index (χ3v) is 7.32. The Kier molecular flexibility index (Phi) is 7.28. The lowest BCUT2D eigenvalue weighted by Crippen LogP contribution is -2.48. The van der Waals surface area contributed by atoms with Crippen LogP contribution in [0.4, 0.5) is 5.69 Å². The standard InChI is InChI=1S/C30H35ClN4O2/c1-30(2,3)37-20-34-15-17-35(18-16-34)24-11-9-23(10-12-24)28-26(22-7-5-21(19-36)6-8-22)27-25(31)13-14-32-29(27)33(28)4/h5-14,36H,15-20H2,1-4H3. The maximum atomic E-state index is 9.51. The summed E-state index contributed by atoms with van der Waals surface area (Å²) < 4.78 is 8.08. The first-order valence-electron chi connectivity index (χ1n) is 12.8. The van der Waals surface area contributed by atoms with Crippen LogP contribution in [0, 0.1) is 0 Å². The number of fused-ring (bicyclic) bond motifs is 1. The molecule has 194 valence electrons. The lowest BCUT2D eigenvalue weighted by Gasteiger charge is -2.37. The summed E-state index contributed by atoms with van der Waals surface area (Å²) in [4.78, 5) is 9.46. The Morgan fingerprint density at radius 2 is 1.57 bits per heavy atom. The fourth-order valence-corrected chi connectivity index (χ4v) is 5.19. The smallest absolute Gasteiger partial charge is 0.142 e. The van der Waals surface area contributed by atoms with Crippen LogP contribution in [0.25, 0.3) is 33.4 Å². The lowest BCUT2D eigenvalue weighted by molar-refractivity contribution is -0.0644. The molecule has 37 heavy (non-hydrogen) atoms. The van der Waals surface area contributed by atoms with Crippen LogP contribution in [-0.2, 0) is 18.4 Å². The second kappa shape index (κ2) is 10.5. The van der Waals surface area contributed by atoms with Crippen molar-refractivity contribution in [1.82, 2.24) is 14.5 Å². The molecule has 0 aliphatic carbocycles. The van der Waals surface area contributed by atoms with E-state index in [9.17, 15) is 5.11 Å². The second-order valence-electron chi connectivity index (χ2n) is 10.7. The van der Waals surface area contributed by atoms with Gasteiger partial charge in [-0.05, 0) is 55.7 Å². The Balaban J connectivity index is 1.44. The van der Waals surface area contributed by atoms with Gasteiger partial charge in [-0.15, -0.1) is 0 Å². The molecule has 2 aromatic carbocycles. The van der Waals surface area contributed by atoms with Crippen LogP contribution in [0.3, 0.4) is 0 Å². The number of piperazine rings is 1. The number of aryl methyl sites for hydroxylation is 1. The summed E-state index contributed by atoms with van der Waals surface area (Å²) in [5.41, 5.74) is 7.12. The summed E-state index contributed by atoms with van der Waals surface area (Å²) in [5, 5.41) is 11.1. The molecule has 1 aliphatic rings. The van der Waals surface area contributed by atoms with E-state index in [1.54, 1.807) is 6.20 Å². The monoisotopic (exact) mass is 518 g/mol. The predicted molar refractivity (Wildman–Crippen MR) is 152 cm³/mol. The van der Waals surface area contributed by atoms with Gasteiger partial charge in [-0.1, -0.05) is 48.0 Å². The molecule has 7 heteroatoms. The number of aliphatic hydroxyl groups is 1. The molecule has 1 aliphatic heterocycles. The van der Waals surface area contributed by atoms with Crippen molar-refractivity contribution in [2.24, 2.45) is 7.05 Å². The van der Waals surface area contributed by atoms with Crippen molar-refractivity contribution in [2.45, 2.75) is 33.0 Å². The van der Waals surface area contributed by atoms with Crippen LogP contribution in [0.1, 0.15) is 26.3 Å². The Hall–Kier alpha value is -2.90. The number of halogens is 1. The van der Waals surface area contributed by atoms with Crippen LogP contribution in [0.2, 0.25) is 5.02 Å². The van der Waals surface area contributed by atoms with Gasteiger partial charge in [0.1, 0.15) is 5.65 Å². The molecule has 5 rings (SSSR count). The van der Waals surface area contributed by atoms with Gasteiger partial charge in [0.15, 0.2) is 0 Å². The Morgan fingerprint density at radius 1 is 0.919 bits per heavy atom. The summed E-state index contributed by atoms with van der Waals surface area (Å²) in [6.07, 6.45) is 1.75. The SMILES string of the molecule is Cn1c(-c2ccc(N3CCN(COC(C)(C)C)CC3)cc2)c(-c2ccc(CO)cc2)c2c(Cl)ccnc21. The van der Waals surface area contributed by atoms with Crippen LogP contribution in [0.15, 0.2) is 60.8 Å². The average Bonchev–Trinajstić information content (AvgIpc) is 3.21. The van der Waals surface area contributed by atoms with Gasteiger partial charge < -0.3 is 19.3 Å². The molecule has 4 aromatic rings. The van der Waals surface area contributed by atoms with Gasteiger partial charge in [-0.25, -0.2) is 4.98 Å². The third kappa shape index (κ3) is 5.39. The lowest BCUT2D eigenvalue weighted by atomic mass is 9.97. The zero-order chi connectivity index (χ0) is 26.2. The van der Waals surface area contributed by atoms with Crippen molar-refractivity contribution in [3.63, 3.8) is 0 Å². The maximum absolute atomic E-state index is 9.51. The van der Waals surface area contributed by atoms with Gasteiger partial charge in [0.05, 0.1) is 29.7 Å². The van der Waals surface area contributed by atoms with E-state index in [1.165, 1.54) is 5.69 Å². The minimum atomic E-state index is -0.117. The van der Waals surface area contributed by atoms with Crippen LogP contribution < -0.4 is 4.90 Å². The van der Waals surface area contributed by atoms with E-state index < -0.39 is 0 Å². The number of hydrogen-bond acceptors (Lipinski definition) is 5. The quantitative estimate of drug-likeness (QED) is 0.342. The Morgan fingerprint density at radius 3 is 2.19 bits per heavy atom. The zero-order valence-corrected chi connectivity index (χ0v) is 22.8. The summed E-state index contributed by atoms with van der Waals surface area (Å²) >= 11 is 6.72. The van der Waals surface area contributed by atoms with Crippen LogP contribution >= 0.6 is 11.6 Å². The third-order valence-electron chi connectivity index (χ3n) is 7.00. The molecule has 0 radical (unpaired) electrons. The molecular weight excluding hydrogens is 484 g/mol. The van der Waals surface area contributed by atoms with Crippen molar-refractivity contribution in [3.8, 4) is 22.4 Å². The number of nitrogens with zero attached hydrogens (tertiary/aromatic N) is 4. The number of anilines is 1.